The Kier molecular flexibility index (Phi) is 6.11. The molecule has 0 aliphatic carbocycles. The molecule has 2 N–H and O–H groups in total. The maximum atomic E-state index is 13.3. The second-order valence-electron chi connectivity index (χ2n) is 7.38. The van der Waals surface area contributed by atoms with Crippen LogP contribution >= 0.6 is 0 Å². The van der Waals surface area contributed by atoms with E-state index in [9.17, 15) is 18.0 Å². The minimum absolute atomic E-state index is 0.0430. The second-order valence-corrected chi connectivity index (χ2v) is 7.38. The lowest BCUT2D eigenvalue weighted by atomic mass is 9.87. The van der Waals surface area contributed by atoms with Crippen LogP contribution in [0, 0.1) is 0 Å². The van der Waals surface area contributed by atoms with Crippen LogP contribution in [-0.2, 0) is 5.41 Å². The first kappa shape index (κ1) is 19.7. The first-order valence-corrected chi connectivity index (χ1v) is 8.49. The zero-order chi connectivity index (χ0) is 18.7. The highest BCUT2D eigenvalue weighted by molar-refractivity contribution is 5.94. The Morgan fingerprint density at radius 1 is 1.16 bits per heavy atom. The average Bonchev–Trinajstić information content (AvgIpc) is 2.54. The van der Waals surface area contributed by atoms with Gasteiger partial charge in [-0.15, -0.1) is 0 Å². The highest BCUT2D eigenvalue weighted by atomic mass is 19.4. The fourth-order valence-electron chi connectivity index (χ4n) is 2.86. The number of carbonyl (C=O) groups is 1. The molecule has 0 radical (unpaired) electrons. The molecule has 7 heteroatoms. The van der Waals surface area contributed by atoms with Crippen LogP contribution in [0.1, 0.15) is 36.7 Å². The molecule has 1 unspecified atom stereocenters. The molecule has 1 aromatic carbocycles. The third-order valence-corrected chi connectivity index (χ3v) is 4.44. The van der Waals surface area contributed by atoms with E-state index in [1.54, 1.807) is 12.1 Å². The van der Waals surface area contributed by atoms with Crippen LogP contribution in [0.2, 0.25) is 0 Å². The fourth-order valence-corrected chi connectivity index (χ4v) is 2.86. The topological polar surface area (TPSA) is 44.4 Å². The van der Waals surface area contributed by atoms with E-state index in [-0.39, 0.29) is 5.41 Å². The summed E-state index contributed by atoms with van der Waals surface area (Å²) in [6, 6.07) is 5.33. The van der Waals surface area contributed by atoms with E-state index in [0.29, 0.717) is 31.7 Å². The number of hydrogen-bond acceptors (Lipinski definition) is 3. The molecule has 1 aliphatic rings. The van der Waals surface area contributed by atoms with Gasteiger partial charge in [0, 0.05) is 38.3 Å². The number of carbonyl (C=O) groups excluding carboxylic acids is 1. The molecule has 140 valence electrons. The maximum Gasteiger partial charge on any atom is 0.405 e. The second kappa shape index (κ2) is 7.74. The van der Waals surface area contributed by atoms with Crippen molar-refractivity contribution >= 4 is 5.91 Å². The standard InChI is InChI=1S/C18H26F3N3O/c1-17(2,3)14-6-4-13(5-7-14)16(25)23-12-15(18(19,20)21)24-10-8-22-9-11-24/h4-7,15,22H,8-12H2,1-3H3,(H,23,25). The molecule has 0 bridgehead atoms. The van der Waals surface area contributed by atoms with Gasteiger partial charge in [-0.1, -0.05) is 32.9 Å². The summed E-state index contributed by atoms with van der Waals surface area (Å²) in [5, 5.41) is 5.47. The number of halogens is 3. The third kappa shape index (κ3) is 5.44. The van der Waals surface area contributed by atoms with E-state index in [0.717, 1.165) is 5.56 Å². The van der Waals surface area contributed by atoms with Gasteiger partial charge in [0.1, 0.15) is 6.04 Å². The van der Waals surface area contributed by atoms with Gasteiger partial charge in [0.2, 0.25) is 0 Å². The quantitative estimate of drug-likeness (QED) is 0.871. The van der Waals surface area contributed by atoms with Gasteiger partial charge < -0.3 is 10.6 Å². The molecule has 1 saturated heterocycles. The van der Waals surface area contributed by atoms with Crippen LogP contribution in [0.5, 0.6) is 0 Å². The van der Waals surface area contributed by atoms with E-state index >= 15 is 0 Å². The highest BCUT2D eigenvalue weighted by Crippen LogP contribution is 2.25. The molecule has 1 heterocycles. The van der Waals surface area contributed by atoms with Crippen molar-refractivity contribution in [2.24, 2.45) is 0 Å². The van der Waals surface area contributed by atoms with Crippen molar-refractivity contribution in [1.82, 2.24) is 15.5 Å². The Bertz CT molecular complexity index is 573. The summed E-state index contributed by atoms with van der Waals surface area (Å²) in [5.41, 5.74) is 1.39. The molecule has 2 rings (SSSR count). The Balaban J connectivity index is 2.00. The maximum absolute atomic E-state index is 13.3. The van der Waals surface area contributed by atoms with Gasteiger partial charge in [-0.2, -0.15) is 13.2 Å². The summed E-state index contributed by atoms with van der Waals surface area (Å²) < 4.78 is 40.0. The molecule has 1 aromatic rings. The van der Waals surface area contributed by atoms with E-state index in [1.165, 1.54) is 4.90 Å². The Labute approximate surface area is 146 Å². The number of nitrogens with one attached hydrogen (secondary N) is 2. The summed E-state index contributed by atoms with van der Waals surface area (Å²) in [5.74, 6) is -0.482. The number of hydrogen-bond donors (Lipinski definition) is 2. The summed E-state index contributed by atoms with van der Waals surface area (Å²) in [6.07, 6.45) is -4.37. The van der Waals surface area contributed by atoms with Gasteiger partial charge in [0.25, 0.3) is 5.91 Å². The van der Waals surface area contributed by atoms with Gasteiger partial charge in [0.15, 0.2) is 0 Å². The van der Waals surface area contributed by atoms with Crippen molar-refractivity contribution in [1.29, 1.82) is 0 Å². The first-order chi connectivity index (χ1) is 11.6. The van der Waals surface area contributed by atoms with E-state index < -0.39 is 24.7 Å². The van der Waals surface area contributed by atoms with Crippen molar-refractivity contribution in [2.75, 3.05) is 32.7 Å². The van der Waals surface area contributed by atoms with Crippen LogP contribution in [-0.4, -0.2) is 55.7 Å². The first-order valence-electron chi connectivity index (χ1n) is 8.49. The monoisotopic (exact) mass is 357 g/mol. The van der Waals surface area contributed by atoms with E-state index in [2.05, 4.69) is 31.4 Å². The molecular formula is C18H26F3N3O. The van der Waals surface area contributed by atoms with Crippen molar-refractivity contribution in [3.63, 3.8) is 0 Å². The molecule has 0 spiro atoms. The van der Waals surface area contributed by atoms with Gasteiger partial charge in [-0.05, 0) is 23.1 Å². The molecule has 1 aliphatic heterocycles. The van der Waals surface area contributed by atoms with Crippen LogP contribution in [0.3, 0.4) is 0 Å². The highest BCUT2D eigenvalue weighted by Gasteiger charge is 2.43. The number of piperazine rings is 1. The molecule has 0 aromatic heterocycles. The lowest BCUT2D eigenvalue weighted by Crippen LogP contribution is -2.57. The zero-order valence-corrected chi connectivity index (χ0v) is 14.9. The normalized spacial score (nSPS) is 18.0. The van der Waals surface area contributed by atoms with Crippen LogP contribution in [0.15, 0.2) is 24.3 Å². The van der Waals surface area contributed by atoms with Gasteiger partial charge in [-0.3, -0.25) is 9.69 Å². The van der Waals surface area contributed by atoms with Crippen LogP contribution in [0.25, 0.3) is 0 Å². The summed E-state index contributed by atoms with van der Waals surface area (Å²) in [4.78, 5) is 13.6. The SMILES string of the molecule is CC(C)(C)c1ccc(C(=O)NCC(N2CCNCC2)C(F)(F)F)cc1. The molecule has 0 saturated carbocycles. The lowest BCUT2D eigenvalue weighted by Gasteiger charge is -2.35. The summed E-state index contributed by atoms with van der Waals surface area (Å²) >= 11 is 0. The minimum Gasteiger partial charge on any atom is -0.350 e. The van der Waals surface area contributed by atoms with Crippen molar-refractivity contribution < 1.29 is 18.0 Å². The number of alkyl halides is 3. The Morgan fingerprint density at radius 3 is 2.20 bits per heavy atom. The predicted molar refractivity (Wildman–Crippen MR) is 91.8 cm³/mol. The predicted octanol–water partition coefficient (Wildman–Crippen LogP) is 2.55. The van der Waals surface area contributed by atoms with E-state index in [1.807, 2.05) is 12.1 Å². The third-order valence-electron chi connectivity index (χ3n) is 4.44. The molecule has 1 atom stereocenters. The lowest BCUT2D eigenvalue weighted by molar-refractivity contribution is -0.183. The summed E-state index contributed by atoms with van der Waals surface area (Å²) in [6.45, 7) is 7.42. The van der Waals surface area contributed by atoms with Gasteiger partial charge in [0.05, 0.1) is 0 Å². The smallest absolute Gasteiger partial charge is 0.350 e. The summed E-state index contributed by atoms with van der Waals surface area (Å²) in [7, 11) is 0. The number of amides is 1. The number of nitrogens with zero attached hydrogens (tertiary/aromatic N) is 1. The Morgan fingerprint density at radius 2 is 1.72 bits per heavy atom. The number of rotatable bonds is 4. The number of benzene rings is 1. The molecular weight excluding hydrogens is 331 g/mol. The van der Waals surface area contributed by atoms with E-state index in [4.69, 9.17) is 0 Å². The largest absolute Gasteiger partial charge is 0.405 e. The van der Waals surface area contributed by atoms with Gasteiger partial charge in [-0.25, -0.2) is 0 Å². The molecule has 1 amide bonds. The Hall–Kier alpha value is -1.60. The van der Waals surface area contributed by atoms with Crippen molar-refractivity contribution in [3.05, 3.63) is 35.4 Å². The minimum atomic E-state index is -4.37. The van der Waals surface area contributed by atoms with Crippen molar-refractivity contribution in [3.8, 4) is 0 Å². The van der Waals surface area contributed by atoms with Gasteiger partial charge >= 0.3 is 6.18 Å². The van der Waals surface area contributed by atoms with Crippen LogP contribution < -0.4 is 10.6 Å². The molecule has 4 nitrogen and oxygen atoms in total. The van der Waals surface area contributed by atoms with Crippen LogP contribution in [0.4, 0.5) is 13.2 Å². The average molecular weight is 357 g/mol. The zero-order valence-electron chi connectivity index (χ0n) is 14.9. The molecule has 1 fully saturated rings. The van der Waals surface area contributed by atoms with Crippen molar-refractivity contribution in [2.45, 2.75) is 38.4 Å². The fraction of sp³-hybridized carbons (Fsp3) is 0.611. The molecule has 25 heavy (non-hydrogen) atoms.